The summed E-state index contributed by atoms with van der Waals surface area (Å²) in [5.74, 6) is -1.47. The summed E-state index contributed by atoms with van der Waals surface area (Å²) in [5.41, 5.74) is 1.92. The van der Waals surface area contributed by atoms with Crippen LogP contribution in [0.1, 0.15) is 16.9 Å². The average Bonchev–Trinajstić information content (AvgIpc) is 3.11. The summed E-state index contributed by atoms with van der Waals surface area (Å²) in [5, 5.41) is 7.02. The summed E-state index contributed by atoms with van der Waals surface area (Å²) in [6.07, 6.45) is 2.60. The van der Waals surface area contributed by atoms with Gasteiger partial charge >= 0.3 is 11.8 Å². The number of thiophene rings is 1. The molecule has 2 amide bonds. The minimum atomic E-state index is -3.33. The maximum atomic E-state index is 12.0. The van der Waals surface area contributed by atoms with Crippen LogP contribution in [0.4, 0.5) is 11.4 Å². The monoisotopic (exact) mass is 393 g/mol. The molecule has 0 saturated carbocycles. The Bertz CT molecular complexity index is 923. The van der Waals surface area contributed by atoms with Crippen LogP contribution in [0, 0.1) is 0 Å². The number of amides is 2. The third kappa shape index (κ3) is 4.23. The van der Waals surface area contributed by atoms with Crippen LogP contribution in [-0.2, 0) is 32.6 Å². The van der Waals surface area contributed by atoms with Gasteiger partial charge in [0.15, 0.2) is 0 Å². The highest BCUT2D eigenvalue weighted by Crippen LogP contribution is 2.31. The second-order valence-corrected chi connectivity index (χ2v) is 8.94. The molecule has 7 nitrogen and oxygen atoms in total. The molecule has 1 aliphatic rings. The number of carbonyl (C=O) groups excluding carboxylic acids is 2. The molecule has 0 bridgehead atoms. The zero-order chi connectivity index (χ0) is 18.7. The third-order valence-electron chi connectivity index (χ3n) is 4.02. The Balaban J connectivity index is 1.67. The van der Waals surface area contributed by atoms with Gasteiger partial charge in [0.1, 0.15) is 0 Å². The third-order valence-corrected chi connectivity index (χ3v) is 6.08. The molecule has 1 aliphatic heterocycles. The van der Waals surface area contributed by atoms with Gasteiger partial charge in [0.05, 0.1) is 18.5 Å². The predicted octanol–water partition coefficient (Wildman–Crippen LogP) is 1.72. The Morgan fingerprint density at radius 1 is 1.23 bits per heavy atom. The SMILES string of the molecule is CS(=O)(=O)N1CCCc2cc(NC(=O)C(=O)NCc3cccs3)ccc21. The zero-order valence-electron chi connectivity index (χ0n) is 14.2. The minimum Gasteiger partial charge on any atom is -0.343 e. The highest BCUT2D eigenvalue weighted by Gasteiger charge is 2.24. The van der Waals surface area contributed by atoms with Gasteiger partial charge in [-0.2, -0.15) is 0 Å². The van der Waals surface area contributed by atoms with E-state index in [2.05, 4.69) is 10.6 Å². The van der Waals surface area contributed by atoms with Crippen molar-refractivity contribution in [3.05, 3.63) is 46.2 Å². The Morgan fingerprint density at radius 3 is 2.73 bits per heavy atom. The molecule has 0 spiro atoms. The number of nitrogens with zero attached hydrogens (tertiary/aromatic N) is 1. The van der Waals surface area contributed by atoms with E-state index < -0.39 is 21.8 Å². The predicted molar refractivity (Wildman–Crippen MR) is 102 cm³/mol. The lowest BCUT2D eigenvalue weighted by molar-refractivity contribution is -0.136. The summed E-state index contributed by atoms with van der Waals surface area (Å²) >= 11 is 1.50. The van der Waals surface area contributed by atoms with Crippen LogP contribution in [0.3, 0.4) is 0 Å². The highest BCUT2D eigenvalue weighted by molar-refractivity contribution is 7.92. The minimum absolute atomic E-state index is 0.303. The number of benzene rings is 1. The molecule has 3 rings (SSSR count). The van der Waals surface area contributed by atoms with E-state index in [0.29, 0.717) is 30.9 Å². The second-order valence-electron chi connectivity index (χ2n) is 6.00. The van der Waals surface area contributed by atoms with Crippen LogP contribution in [0.5, 0.6) is 0 Å². The average molecular weight is 393 g/mol. The molecule has 0 saturated heterocycles. The second kappa shape index (κ2) is 7.46. The normalized spacial score (nSPS) is 13.8. The summed E-state index contributed by atoms with van der Waals surface area (Å²) < 4.78 is 25.1. The summed E-state index contributed by atoms with van der Waals surface area (Å²) in [7, 11) is -3.33. The van der Waals surface area contributed by atoms with Gasteiger partial charge in [0, 0.05) is 17.1 Å². The van der Waals surface area contributed by atoms with Crippen molar-refractivity contribution in [1.29, 1.82) is 0 Å². The van der Waals surface area contributed by atoms with Gasteiger partial charge < -0.3 is 10.6 Å². The molecular formula is C17H19N3O4S2. The number of aryl methyl sites for hydroxylation is 1. The number of anilines is 2. The Labute approximate surface area is 156 Å². The maximum absolute atomic E-state index is 12.0. The molecule has 0 unspecified atom stereocenters. The Kier molecular flexibility index (Phi) is 5.28. The van der Waals surface area contributed by atoms with Gasteiger partial charge in [-0.3, -0.25) is 13.9 Å². The van der Waals surface area contributed by atoms with Crippen LogP contribution in [0.15, 0.2) is 35.7 Å². The van der Waals surface area contributed by atoms with E-state index in [9.17, 15) is 18.0 Å². The molecule has 26 heavy (non-hydrogen) atoms. The summed E-state index contributed by atoms with van der Waals surface area (Å²) in [6, 6.07) is 8.73. The molecule has 2 N–H and O–H groups in total. The molecule has 2 aromatic rings. The van der Waals surface area contributed by atoms with E-state index in [-0.39, 0.29) is 0 Å². The van der Waals surface area contributed by atoms with Crippen LogP contribution in [0.25, 0.3) is 0 Å². The lowest BCUT2D eigenvalue weighted by Crippen LogP contribution is -2.35. The van der Waals surface area contributed by atoms with Crippen LogP contribution in [-0.4, -0.2) is 33.0 Å². The highest BCUT2D eigenvalue weighted by atomic mass is 32.2. The lowest BCUT2D eigenvalue weighted by atomic mass is 10.0. The van der Waals surface area contributed by atoms with Crippen molar-refractivity contribution in [1.82, 2.24) is 5.32 Å². The maximum Gasteiger partial charge on any atom is 0.313 e. The van der Waals surface area contributed by atoms with Crippen molar-refractivity contribution in [2.24, 2.45) is 0 Å². The number of fused-ring (bicyclic) bond motifs is 1. The Morgan fingerprint density at radius 2 is 2.04 bits per heavy atom. The largest absolute Gasteiger partial charge is 0.343 e. The molecule has 1 aromatic heterocycles. The number of hydrogen-bond donors (Lipinski definition) is 2. The first-order chi connectivity index (χ1) is 12.3. The van der Waals surface area contributed by atoms with Gasteiger partial charge in [0.2, 0.25) is 10.0 Å². The van der Waals surface area contributed by atoms with Crippen LogP contribution < -0.4 is 14.9 Å². The first-order valence-corrected chi connectivity index (χ1v) is 10.8. The van der Waals surface area contributed by atoms with Crippen molar-refractivity contribution in [2.75, 3.05) is 22.4 Å². The van der Waals surface area contributed by atoms with Gasteiger partial charge in [-0.25, -0.2) is 8.42 Å². The summed E-state index contributed by atoms with van der Waals surface area (Å²) in [4.78, 5) is 24.9. The van der Waals surface area contributed by atoms with Crippen molar-refractivity contribution in [2.45, 2.75) is 19.4 Å². The molecular weight excluding hydrogens is 374 g/mol. The van der Waals surface area contributed by atoms with Gasteiger partial charge in [-0.1, -0.05) is 6.07 Å². The number of rotatable bonds is 4. The molecule has 0 aliphatic carbocycles. The standard InChI is InChI=1S/C17H19N3O4S2/c1-26(23,24)20-8-2-4-12-10-13(6-7-15(12)20)19-17(22)16(21)18-11-14-5-3-9-25-14/h3,5-7,9-10H,2,4,8,11H2,1H3,(H,18,21)(H,19,22). The fourth-order valence-corrected chi connectivity index (χ4v) is 4.47. The Hall–Kier alpha value is -2.39. The van der Waals surface area contributed by atoms with E-state index in [1.807, 2.05) is 17.5 Å². The van der Waals surface area contributed by atoms with Gasteiger partial charge in [-0.05, 0) is 48.1 Å². The first-order valence-electron chi connectivity index (χ1n) is 8.07. The molecule has 9 heteroatoms. The van der Waals surface area contributed by atoms with Crippen molar-refractivity contribution in [3.8, 4) is 0 Å². The topological polar surface area (TPSA) is 95.6 Å². The molecule has 0 atom stereocenters. The van der Waals surface area contributed by atoms with E-state index in [1.54, 1.807) is 18.2 Å². The molecule has 0 fully saturated rings. The smallest absolute Gasteiger partial charge is 0.313 e. The van der Waals surface area contributed by atoms with E-state index >= 15 is 0 Å². The fraction of sp³-hybridized carbons (Fsp3) is 0.294. The summed E-state index contributed by atoms with van der Waals surface area (Å²) in [6.45, 7) is 0.750. The fourth-order valence-electron chi connectivity index (χ4n) is 2.83. The molecule has 2 heterocycles. The quantitative estimate of drug-likeness (QED) is 0.773. The number of hydrogen-bond acceptors (Lipinski definition) is 5. The zero-order valence-corrected chi connectivity index (χ0v) is 15.8. The molecule has 138 valence electrons. The van der Waals surface area contributed by atoms with Crippen molar-refractivity contribution >= 4 is 44.5 Å². The van der Waals surface area contributed by atoms with Crippen molar-refractivity contribution < 1.29 is 18.0 Å². The molecule has 1 aromatic carbocycles. The number of sulfonamides is 1. The van der Waals surface area contributed by atoms with Crippen LogP contribution >= 0.6 is 11.3 Å². The van der Waals surface area contributed by atoms with Gasteiger partial charge in [-0.15, -0.1) is 11.3 Å². The first kappa shape index (κ1) is 18.4. The van der Waals surface area contributed by atoms with Crippen molar-refractivity contribution in [3.63, 3.8) is 0 Å². The molecule has 0 radical (unpaired) electrons. The van der Waals surface area contributed by atoms with Gasteiger partial charge in [0.25, 0.3) is 0 Å². The van der Waals surface area contributed by atoms with E-state index in [1.165, 1.54) is 21.9 Å². The van der Waals surface area contributed by atoms with Crippen LogP contribution in [0.2, 0.25) is 0 Å². The van der Waals surface area contributed by atoms with E-state index in [0.717, 1.165) is 16.9 Å². The van der Waals surface area contributed by atoms with E-state index in [4.69, 9.17) is 0 Å². The number of carbonyl (C=O) groups is 2. The lowest BCUT2D eigenvalue weighted by Gasteiger charge is -2.29. The number of nitrogens with one attached hydrogen (secondary N) is 2.